The van der Waals surface area contributed by atoms with Crippen LogP contribution in [0.1, 0.15) is 49.6 Å². The van der Waals surface area contributed by atoms with Gasteiger partial charge in [0.15, 0.2) is 0 Å². The lowest BCUT2D eigenvalue weighted by atomic mass is 9.91. The lowest BCUT2D eigenvalue weighted by Gasteiger charge is -2.28. The van der Waals surface area contributed by atoms with E-state index in [1.54, 1.807) is 13.1 Å². The van der Waals surface area contributed by atoms with Crippen LogP contribution in [0.15, 0.2) is 73.1 Å². The third-order valence-electron chi connectivity index (χ3n) is 7.57. The first-order valence-electron chi connectivity index (χ1n) is 15.3. The van der Waals surface area contributed by atoms with Gasteiger partial charge in [0.1, 0.15) is 12.4 Å². The number of hydrogen-bond acceptors (Lipinski definition) is 9. The lowest BCUT2D eigenvalue weighted by Crippen LogP contribution is -2.36. The van der Waals surface area contributed by atoms with Crippen LogP contribution in [0, 0.1) is 30.1 Å². The Hall–Kier alpha value is -3.34. The molecule has 3 aromatic rings. The molecule has 0 bridgehead atoms. The molecule has 1 N–H and O–H groups in total. The van der Waals surface area contributed by atoms with Crippen LogP contribution in [0.4, 0.5) is 11.7 Å². The van der Waals surface area contributed by atoms with Crippen LogP contribution in [0.25, 0.3) is 0 Å². The molecular weight excluding hydrogens is 708 g/mol. The minimum Gasteiger partial charge on any atom is -0.722 e. The summed E-state index contributed by atoms with van der Waals surface area (Å²) in [7, 11) is -12.9. The standard InChI is InChI=1S/C12H16FNO2S.C12H17N.C5H8FN2O2S.C2H3N.FHO3S/c13-17(15,16)14-8-6-12(7-9-14)10-11-4-2-1-3-5-11;1-2-4-11(5-3-1)10-12-6-8-13-9-7-12;1-5-7(2)3-4-8(5)11(6,9)10;1-2-3;1-5(2,3)4/h1-5,12H,6-10H2;1-5,12-13H,6-10H2;3-4H,1-2H3;1H3;(H,2,3,4)/q;;+1;;/p-1. The number of benzene rings is 2. The van der Waals surface area contributed by atoms with Gasteiger partial charge in [-0.15, -0.1) is 3.89 Å². The molecule has 2 aromatic carbocycles. The Morgan fingerprint density at radius 1 is 0.816 bits per heavy atom. The molecule has 0 spiro atoms. The van der Waals surface area contributed by atoms with E-state index in [0.717, 1.165) is 35.7 Å². The number of rotatable bonds is 6. The predicted molar refractivity (Wildman–Crippen MR) is 178 cm³/mol. The quantitative estimate of drug-likeness (QED) is 0.222. The Kier molecular flexibility index (Phi) is 19.3. The molecule has 12 nitrogen and oxygen atoms in total. The van der Waals surface area contributed by atoms with E-state index in [1.165, 1.54) is 68.1 Å². The predicted octanol–water partition coefficient (Wildman–Crippen LogP) is 4.01. The van der Waals surface area contributed by atoms with Gasteiger partial charge in [0, 0.05) is 26.9 Å². The molecule has 3 heterocycles. The first-order valence-corrected chi connectivity index (χ1v) is 19.3. The molecule has 2 aliphatic heterocycles. The summed E-state index contributed by atoms with van der Waals surface area (Å²) in [6.45, 7) is 5.96. The van der Waals surface area contributed by atoms with E-state index >= 15 is 0 Å². The average Bonchev–Trinajstić information content (AvgIpc) is 3.37. The van der Waals surface area contributed by atoms with Crippen molar-refractivity contribution in [2.24, 2.45) is 18.9 Å². The number of halogens is 3. The fourth-order valence-corrected chi connectivity index (χ4v) is 6.37. The van der Waals surface area contributed by atoms with Crippen LogP contribution in [-0.2, 0) is 51.2 Å². The average molecular weight is 752 g/mol. The number of aryl methyl sites for hydroxylation is 1. The van der Waals surface area contributed by atoms with Crippen LogP contribution in [-0.4, -0.2) is 64.3 Å². The Morgan fingerprint density at radius 3 is 1.51 bits per heavy atom. The van der Waals surface area contributed by atoms with Crippen LogP contribution >= 0.6 is 0 Å². The van der Waals surface area contributed by atoms with E-state index in [1.807, 2.05) is 18.2 Å². The number of imidazole rings is 1. The summed E-state index contributed by atoms with van der Waals surface area (Å²) in [5, 5.41) is 10.7. The molecule has 2 aliphatic rings. The molecular formula is C31H44F3N5O7S3. The third kappa shape index (κ3) is 20.1. The SMILES string of the molecule is CC#N.Cc1n(S(=O)(=O)F)cc[n+]1C.O=S(=O)(F)N1CCC(Cc2ccccc2)CC1.O=S(=O)([O-])F.c1ccc(CC2CCNCC2)cc1. The van der Waals surface area contributed by atoms with Crippen molar-refractivity contribution in [2.75, 3.05) is 26.2 Å². The van der Waals surface area contributed by atoms with Gasteiger partial charge in [-0.25, -0.2) is 13.0 Å². The van der Waals surface area contributed by atoms with Gasteiger partial charge in [-0.1, -0.05) is 72.4 Å². The topological polar surface area (TPSA) is 173 Å². The smallest absolute Gasteiger partial charge is 0.480 e. The van der Waals surface area contributed by atoms with Crippen LogP contribution in [0.2, 0.25) is 0 Å². The monoisotopic (exact) mass is 751 g/mol. The highest BCUT2D eigenvalue weighted by Gasteiger charge is 2.27. The van der Waals surface area contributed by atoms with E-state index < -0.39 is 31.3 Å². The summed E-state index contributed by atoms with van der Waals surface area (Å²) >= 11 is 0. The Morgan fingerprint density at radius 2 is 1.20 bits per heavy atom. The summed E-state index contributed by atoms with van der Waals surface area (Å²) in [5.74, 6) is 1.69. The maximum atomic E-state index is 12.7. The highest BCUT2D eigenvalue weighted by Crippen LogP contribution is 2.23. The van der Waals surface area contributed by atoms with Crippen LogP contribution in [0.5, 0.6) is 0 Å². The van der Waals surface area contributed by atoms with E-state index in [-0.39, 0.29) is 0 Å². The summed E-state index contributed by atoms with van der Waals surface area (Å²) in [5.41, 5.74) is 2.75. The highest BCUT2D eigenvalue weighted by molar-refractivity contribution is 7.84. The normalized spacial score (nSPS) is 15.7. The molecule has 0 unspecified atom stereocenters. The van der Waals surface area contributed by atoms with Gasteiger partial charge in [-0.3, -0.25) is 0 Å². The van der Waals surface area contributed by atoms with Gasteiger partial charge < -0.3 is 9.87 Å². The summed E-state index contributed by atoms with van der Waals surface area (Å²) in [4.78, 5) is 0. The van der Waals surface area contributed by atoms with Crippen molar-refractivity contribution < 1.29 is 46.0 Å². The molecule has 0 amide bonds. The third-order valence-corrected chi connectivity index (χ3v) is 9.40. The number of nitriles is 1. The summed E-state index contributed by atoms with van der Waals surface area (Å²) in [6, 6.07) is 22.7. The Labute approximate surface area is 288 Å². The minimum atomic E-state index is -5.42. The van der Waals surface area contributed by atoms with E-state index in [4.69, 9.17) is 18.2 Å². The second kappa shape index (κ2) is 21.7. The van der Waals surface area contributed by atoms with Crippen LogP contribution in [0.3, 0.4) is 0 Å². The second-order valence-electron chi connectivity index (χ2n) is 11.2. The zero-order valence-corrected chi connectivity index (χ0v) is 30.1. The van der Waals surface area contributed by atoms with E-state index in [9.17, 15) is 28.5 Å². The summed E-state index contributed by atoms with van der Waals surface area (Å²) < 4.78 is 106. The Balaban J connectivity index is 0.000000337. The Bertz CT molecular complexity index is 1730. The van der Waals surface area contributed by atoms with Crippen molar-refractivity contribution in [3.8, 4) is 6.07 Å². The van der Waals surface area contributed by atoms with Gasteiger partial charge in [-0.05, 0) is 74.6 Å². The number of aromatic nitrogens is 2. The maximum Gasteiger partial charge on any atom is 0.480 e. The molecule has 49 heavy (non-hydrogen) atoms. The maximum absolute atomic E-state index is 12.7. The van der Waals surface area contributed by atoms with Crippen LogP contribution < -0.4 is 9.88 Å². The van der Waals surface area contributed by atoms with Crippen molar-refractivity contribution in [3.05, 3.63) is 90.0 Å². The first kappa shape index (κ1) is 43.7. The van der Waals surface area contributed by atoms with Gasteiger partial charge in [0.2, 0.25) is 0 Å². The molecule has 2 saturated heterocycles. The van der Waals surface area contributed by atoms with Crippen molar-refractivity contribution in [2.45, 2.75) is 52.4 Å². The molecule has 18 heteroatoms. The molecule has 1 aromatic heterocycles. The largest absolute Gasteiger partial charge is 0.722 e. The van der Waals surface area contributed by atoms with E-state index in [2.05, 4.69) is 47.8 Å². The molecule has 5 rings (SSSR count). The lowest BCUT2D eigenvalue weighted by molar-refractivity contribution is -0.676. The van der Waals surface area contributed by atoms with Crippen molar-refractivity contribution in [1.82, 2.24) is 13.6 Å². The minimum absolute atomic E-state index is 0.302. The fourth-order valence-electron chi connectivity index (χ4n) is 5.07. The molecule has 0 radical (unpaired) electrons. The van der Waals surface area contributed by atoms with Gasteiger partial charge >= 0.3 is 20.8 Å². The van der Waals surface area contributed by atoms with Gasteiger partial charge in [0.05, 0.1) is 13.1 Å². The second-order valence-corrected chi connectivity index (χ2v) is 14.5. The molecule has 0 atom stereocenters. The number of piperidine rings is 2. The van der Waals surface area contributed by atoms with Gasteiger partial charge in [0.25, 0.3) is 16.3 Å². The molecule has 2 fully saturated rings. The number of hydrogen-bond donors (Lipinski definition) is 1. The highest BCUT2D eigenvalue weighted by atomic mass is 32.3. The van der Waals surface area contributed by atoms with Crippen molar-refractivity contribution in [1.29, 1.82) is 5.26 Å². The molecule has 0 aliphatic carbocycles. The summed E-state index contributed by atoms with van der Waals surface area (Å²) in [6.07, 6.45) is 8.99. The number of nitrogens with one attached hydrogen (secondary N) is 1. The van der Waals surface area contributed by atoms with Gasteiger partial charge in [-0.2, -0.15) is 26.4 Å². The fraction of sp³-hybridized carbons (Fsp3) is 0.484. The first-order chi connectivity index (χ1) is 22.8. The van der Waals surface area contributed by atoms with Crippen molar-refractivity contribution in [3.63, 3.8) is 0 Å². The molecule has 0 saturated carbocycles. The zero-order valence-electron chi connectivity index (χ0n) is 27.7. The molecule has 274 valence electrons. The van der Waals surface area contributed by atoms with E-state index in [0.29, 0.717) is 28.8 Å². The number of nitrogens with zero attached hydrogens (tertiary/aromatic N) is 4. The van der Waals surface area contributed by atoms with Crippen molar-refractivity contribution >= 4 is 31.3 Å². The zero-order chi connectivity index (χ0) is 37.1.